The van der Waals surface area contributed by atoms with Gasteiger partial charge in [0.1, 0.15) is 0 Å². The SMILES string of the molecule is CCNC(=NCC(c1ccccc1)N1CCCC1)NCC1CCCN1C. The third-order valence-corrected chi connectivity index (χ3v) is 5.71. The fraction of sp³-hybridized carbons (Fsp3) is 0.667. The Morgan fingerprint density at radius 1 is 1.12 bits per heavy atom. The molecule has 0 aliphatic carbocycles. The van der Waals surface area contributed by atoms with Gasteiger partial charge >= 0.3 is 0 Å². The van der Waals surface area contributed by atoms with Crippen LogP contribution in [0.25, 0.3) is 0 Å². The molecule has 144 valence electrons. The first-order valence-corrected chi connectivity index (χ1v) is 10.3. The van der Waals surface area contributed by atoms with Crippen molar-refractivity contribution in [2.24, 2.45) is 4.99 Å². The smallest absolute Gasteiger partial charge is 0.191 e. The summed E-state index contributed by atoms with van der Waals surface area (Å²) in [6, 6.07) is 11.9. The predicted octanol–water partition coefficient (Wildman–Crippen LogP) is 2.47. The molecule has 2 N–H and O–H groups in total. The number of likely N-dealkylation sites (N-methyl/N-ethyl adjacent to an activating group) is 1. The van der Waals surface area contributed by atoms with Crippen LogP contribution >= 0.6 is 0 Å². The minimum absolute atomic E-state index is 0.378. The second-order valence-corrected chi connectivity index (χ2v) is 7.55. The lowest BCUT2D eigenvalue weighted by Crippen LogP contribution is -2.44. The van der Waals surface area contributed by atoms with Crippen LogP contribution in [0, 0.1) is 0 Å². The van der Waals surface area contributed by atoms with Crippen LogP contribution in [0.15, 0.2) is 35.3 Å². The summed E-state index contributed by atoms with van der Waals surface area (Å²) in [5.74, 6) is 0.952. The van der Waals surface area contributed by atoms with E-state index in [1.165, 1.54) is 50.9 Å². The second kappa shape index (κ2) is 9.93. The lowest BCUT2D eigenvalue weighted by molar-refractivity contribution is 0.251. The molecule has 5 heteroatoms. The lowest BCUT2D eigenvalue weighted by Gasteiger charge is -2.27. The molecule has 3 rings (SSSR count). The van der Waals surface area contributed by atoms with E-state index in [0.717, 1.165) is 25.6 Å². The summed E-state index contributed by atoms with van der Waals surface area (Å²) in [5, 5.41) is 6.99. The van der Waals surface area contributed by atoms with Crippen LogP contribution < -0.4 is 10.6 Å². The molecule has 2 unspecified atom stereocenters. The summed E-state index contributed by atoms with van der Waals surface area (Å²) in [6.45, 7) is 8.39. The number of guanidine groups is 1. The highest BCUT2D eigenvalue weighted by Crippen LogP contribution is 2.25. The Bertz CT molecular complexity index is 553. The molecule has 2 aliphatic rings. The predicted molar refractivity (Wildman–Crippen MR) is 110 cm³/mol. The summed E-state index contributed by atoms with van der Waals surface area (Å²) in [5.41, 5.74) is 1.38. The molecule has 0 spiro atoms. The van der Waals surface area contributed by atoms with Crippen LogP contribution in [-0.2, 0) is 0 Å². The molecule has 2 heterocycles. The highest BCUT2D eigenvalue weighted by molar-refractivity contribution is 5.79. The Hall–Kier alpha value is -1.59. The maximum Gasteiger partial charge on any atom is 0.191 e. The molecule has 2 fully saturated rings. The standard InChI is InChI=1S/C21H35N5/c1-3-22-21(23-16-19-12-9-13-25(19)2)24-17-20(26-14-7-8-15-26)18-10-5-4-6-11-18/h4-6,10-11,19-20H,3,7-9,12-17H2,1-2H3,(H2,22,23,24). The Morgan fingerprint density at radius 2 is 1.88 bits per heavy atom. The van der Waals surface area contributed by atoms with Gasteiger partial charge in [0.2, 0.25) is 0 Å². The molecule has 0 saturated carbocycles. The van der Waals surface area contributed by atoms with E-state index < -0.39 is 0 Å². The highest BCUT2D eigenvalue weighted by Gasteiger charge is 2.24. The zero-order valence-electron chi connectivity index (χ0n) is 16.5. The molecule has 0 radical (unpaired) electrons. The summed E-state index contributed by atoms with van der Waals surface area (Å²) in [7, 11) is 2.22. The van der Waals surface area contributed by atoms with Gasteiger partial charge in [0.25, 0.3) is 0 Å². The van der Waals surface area contributed by atoms with Crippen molar-refractivity contribution in [3.63, 3.8) is 0 Å². The quantitative estimate of drug-likeness (QED) is 0.581. The molecule has 1 aromatic rings. The van der Waals surface area contributed by atoms with Crippen LogP contribution in [0.1, 0.15) is 44.2 Å². The van der Waals surface area contributed by atoms with Gasteiger partial charge in [-0.05, 0) is 64.9 Å². The van der Waals surface area contributed by atoms with Gasteiger partial charge < -0.3 is 15.5 Å². The van der Waals surface area contributed by atoms with Gasteiger partial charge in [-0.1, -0.05) is 30.3 Å². The second-order valence-electron chi connectivity index (χ2n) is 7.55. The van der Waals surface area contributed by atoms with E-state index in [1.54, 1.807) is 0 Å². The van der Waals surface area contributed by atoms with Gasteiger partial charge in [0.15, 0.2) is 5.96 Å². The zero-order valence-corrected chi connectivity index (χ0v) is 16.5. The van der Waals surface area contributed by atoms with Crippen molar-refractivity contribution >= 4 is 5.96 Å². The van der Waals surface area contributed by atoms with Crippen molar-refractivity contribution < 1.29 is 0 Å². The van der Waals surface area contributed by atoms with Crippen LogP contribution in [-0.4, -0.2) is 68.1 Å². The third-order valence-electron chi connectivity index (χ3n) is 5.71. The number of likely N-dealkylation sites (tertiary alicyclic amines) is 2. The molecule has 0 bridgehead atoms. The fourth-order valence-corrected chi connectivity index (χ4v) is 4.13. The van der Waals surface area contributed by atoms with Gasteiger partial charge in [-0.15, -0.1) is 0 Å². The average Bonchev–Trinajstić information content (AvgIpc) is 3.33. The van der Waals surface area contributed by atoms with Gasteiger partial charge in [0.05, 0.1) is 12.6 Å². The molecular weight excluding hydrogens is 322 g/mol. The first kappa shape index (κ1) is 19.2. The average molecular weight is 358 g/mol. The van der Waals surface area contributed by atoms with Gasteiger partial charge in [-0.2, -0.15) is 0 Å². The van der Waals surface area contributed by atoms with Gasteiger partial charge in [-0.3, -0.25) is 9.89 Å². The van der Waals surface area contributed by atoms with Crippen molar-refractivity contribution in [1.82, 2.24) is 20.4 Å². The van der Waals surface area contributed by atoms with E-state index >= 15 is 0 Å². The van der Waals surface area contributed by atoms with E-state index in [-0.39, 0.29) is 0 Å². The molecule has 2 atom stereocenters. The molecule has 5 nitrogen and oxygen atoms in total. The summed E-state index contributed by atoms with van der Waals surface area (Å²) < 4.78 is 0. The zero-order chi connectivity index (χ0) is 18.2. The third kappa shape index (κ3) is 5.21. The first-order valence-electron chi connectivity index (χ1n) is 10.3. The normalized spacial score (nSPS) is 23.3. The molecular formula is C21H35N5. The number of rotatable bonds is 7. The summed E-state index contributed by atoms with van der Waals surface area (Å²) >= 11 is 0. The maximum absolute atomic E-state index is 4.96. The van der Waals surface area contributed by atoms with Crippen molar-refractivity contribution in [1.29, 1.82) is 0 Å². The van der Waals surface area contributed by atoms with Crippen molar-refractivity contribution in [3.8, 4) is 0 Å². The molecule has 1 aromatic carbocycles. The largest absolute Gasteiger partial charge is 0.357 e. The lowest BCUT2D eigenvalue weighted by atomic mass is 10.1. The Morgan fingerprint density at radius 3 is 2.54 bits per heavy atom. The van der Waals surface area contributed by atoms with E-state index in [2.05, 4.69) is 64.7 Å². The van der Waals surface area contributed by atoms with Crippen molar-refractivity contribution in [3.05, 3.63) is 35.9 Å². The Kier molecular flexibility index (Phi) is 7.32. The Labute approximate surface area is 158 Å². The Balaban J connectivity index is 1.64. The van der Waals surface area contributed by atoms with E-state index in [4.69, 9.17) is 4.99 Å². The van der Waals surface area contributed by atoms with Crippen LogP contribution in [0.5, 0.6) is 0 Å². The molecule has 0 amide bonds. The number of hydrogen-bond acceptors (Lipinski definition) is 3. The topological polar surface area (TPSA) is 42.9 Å². The molecule has 0 aromatic heterocycles. The van der Waals surface area contributed by atoms with Gasteiger partial charge in [-0.25, -0.2) is 0 Å². The minimum atomic E-state index is 0.378. The molecule has 2 aliphatic heterocycles. The summed E-state index contributed by atoms with van der Waals surface area (Å²) in [4.78, 5) is 10.00. The fourth-order valence-electron chi connectivity index (χ4n) is 4.13. The van der Waals surface area contributed by atoms with Crippen molar-refractivity contribution in [2.75, 3.05) is 46.3 Å². The van der Waals surface area contributed by atoms with Crippen LogP contribution in [0.2, 0.25) is 0 Å². The number of nitrogens with zero attached hydrogens (tertiary/aromatic N) is 3. The number of benzene rings is 1. The number of hydrogen-bond donors (Lipinski definition) is 2. The highest BCUT2D eigenvalue weighted by atomic mass is 15.2. The number of aliphatic imine (C=N–C) groups is 1. The van der Waals surface area contributed by atoms with E-state index in [9.17, 15) is 0 Å². The van der Waals surface area contributed by atoms with Gasteiger partial charge in [0, 0.05) is 19.1 Å². The maximum atomic E-state index is 4.96. The monoisotopic (exact) mass is 357 g/mol. The number of nitrogens with one attached hydrogen (secondary N) is 2. The van der Waals surface area contributed by atoms with Crippen molar-refractivity contribution in [2.45, 2.75) is 44.7 Å². The first-order chi connectivity index (χ1) is 12.8. The van der Waals surface area contributed by atoms with E-state index in [0.29, 0.717) is 12.1 Å². The minimum Gasteiger partial charge on any atom is -0.357 e. The molecule has 26 heavy (non-hydrogen) atoms. The van der Waals surface area contributed by atoms with E-state index in [1.807, 2.05) is 0 Å². The van der Waals surface area contributed by atoms with Crippen LogP contribution in [0.4, 0.5) is 0 Å². The van der Waals surface area contributed by atoms with Crippen LogP contribution in [0.3, 0.4) is 0 Å². The summed E-state index contributed by atoms with van der Waals surface area (Å²) in [6.07, 6.45) is 5.20. The molecule has 2 saturated heterocycles.